The van der Waals surface area contributed by atoms with Crippen LogP contribution < -0.4 is 5.32 Å². The zero-order valence-electron chi connectivity index (χ0n) is 10.7. The van der Waals surface area contributed by atoms with Gasteiger partial charge in [-0.15, -0.1) is 0 Å². The van der Waals surface area contributed by atoms with Crippen LogP contribution in [0, 0.1) is 23.7 Å². The number of rotatable bonds is 3. The molecule has 1 aliphatic carbocycles. The van der Waals surface area contributed by atoms with E-state index in [-0.39, 0.29) is 0 Å². The van der Waals surface area contributed by atoms with Gasteiger partial charge >= 0.3 is 0 Å². The normalized spacial score (nSPS) is 39.9. The van der Waals surface area contributed by atoms with Gasteiger partial charge < -0.3 is 5.32 Å². The summed E-state index contributed by atoms with van der Waals surface area (Å²) >= 11 is 0. The molecule has 0 radical (unpaired) electrons. The van der Waals surface area contributed by atoms with Gasteiger partial charge in [-0.3, -0.25) is 4.79 Å². The van der Waals surface area contributed by atoms with Crippen LogP contribution in [0.1, 0.15) is 46.0 Å². The van der Waals surface area contributed by atoms with E-state index in [4.69, 9.17) is 0 Å². The van der Waals surface area contributed by atoms with Crippen molar-refractivity contribution in [3.05, 3.63) is 0 Å². The second-order valence-corrected chi connectivity index (χ2v) is 5.78. The molecule has 0 aromatic heterocycles. The summed E-state index contributed by atoms with van der Waals surface area (Å²) in [4.78, 5) is 12.4. The predicted octanol–water partition coefficient (Wildman–Crippen LogP) is 2.63. The van der Waals surface area contributed by atoms with Crippen molar-refractivity contribution in [1.82, 2.24) is 5.32 Å². The first kappa shape index (κ1) is 12.1. The summed E-state index contributed by atoms with van der Waals surface area (Å²) < 4.78 is 0. The molecule has 0 spiro atoms. The van der Waals surface area contributed by atoms with Gasteiger partial charge in [-0.05, 0) is 31.2 Å². The minimum Gasteiger partial charge on any atom is -0.316 e. The molecule has 2 heteroatoms. The van der Waals surface area contributed by atoms with Crippen molar-refractivity contribution in [2.75, 3.05) is 13.1 Å². The standard InChI is InChI=1S/C14H25NO/c1-3-11-5-4-6-12(7-11)14(16)13-9-15-8-10(13)2/h10-13,15H,3-9H2,1-2H3. The second kappa shape index (κ2) is 5.31. The van der Waals surface area contributed by atoms with Crippen LogP contribution >= 0.6 is 0 Å². The third-order valence-corrected chi connectivity index (χ3v) is 4.65. The van der Waals surface area contributed by atoms with E-state index in [2.05, 4.69) is 19.2 Å². The first-order valence-corrected chi connectivity index (χ1v) is 6.96. The Hall–Kier alpha value is -0.370. The zero-order valence-corrected chi connectivity index (χ0v) is 10.7. The van der Waals surface area contributed by atoms with Crippen molar-refractivity contribution in [3.8, 4) is 0 Å². The highest BCUT2D eigenvalue weighted by Crippen LogP contribution is 2.34. The molecule has 0 aromatic carbocycles. The highest BCUT2D eigenvalue weighted by molar-refractivity contribution is 5.84. The van der Waals surface area contributed by atoms with Gasteiger partial charge in [0.05, 0.1) is 0 Å². The Morgan fingerprint density at radius 3 is 2.75 bits per heavy atom. The molecule has 4 atom stereocenters. The highest BCUT2D eigenvalue weighted by atomic mass is 16.1. The molecule has 0 amide bonds. The van der Waals surface area contributed by atoms with E-state index in [1.165, 1.54) is 25.7 Å². The fourth-order valence-corrected chi connectivity index (χ4v) is 3.41. The number of carbonyl (C=O) groups is 1. The van der Waals surface area contributed by atoms with E-state index in [0.29, 0.717) is 23.5 Å². The molecular formula is C14H25NO. The Morgan fingerprint density at radius 2 is 2.12 bits per heavy atom. The lowest BCUT2D eigenvalue weighted by Gasteiger charge is -2.29. The topological polar surface area (TPSA) is 29.1 Å². The molecule has 16 heavy (non-hydrogen) atoms. The summed E-state index contributed by atoms with van der Waals surface area (Å²) in [5, 5.41) is 3.35. The molecule has 2 fully saturated rings. The van der Waals surface area contributed by atoms with Crippen molar-refractivity contribution in [2.45, 2.75) is 46.0 Å². The molecule has 1 aliphatic heterocycles. The van der Waals surface area contributed by atoms with Crippen LogP contribution in [0.3, 0.4) is 0 Å². The first-order chi connectivity index (χ1) is 7.72. The molecule has 2 aliphatic rings. The van der Waals surface area contributed by atoms with E-state index in [9.17, 15) is 4.79 Å². The van der Waals surface area contributed by atoms with E-state index < -0.39 is 0 Å². The average Bonchev–Trinajstić information content (AvgIpc) is 2.74. The largest absolute Gasteiger partial charge is 0.316 e. The minimum atomic E-state index is 0.306. The number of Topliss-reactive ketones (excluding diaryl/α,β-unsaturated/α-hetero) is 1. The van der Waals surface area contributed by atoms with E-state index in [1.54, 1.807) is 0 Å². The highest BCUT2D eigenvalue weighted by Gasteiger charge is 2.35. The third kappa shape index (κ3) is 2.48. The smallest absolute Gasteiger partial charge is 0.140 e. The first-order valence-electron chi connectivity index (χ1n) is 6.96. The van der Waals surface area contributed by atoms with Gasteiger partial charge in [-0.2, -0.15) is 0 Å². The average molecular weight is 223 g/mol. The van der Waals surface area contributed by atoms with E-state index in [1.807, 2.05) is 0 Å². The maximum Gasteiger partial charge on any atom is 0.140 e. The summed E-state index contributed by atoms with van der Waals surface area (Å²) in [6.07, 6.45) is 6.18. The molecule has 0 aromatic rings. The Labute approximate surface area is 99.2 Å². The van der Waals surface area contributed by atoms with Gasteiger partial charge in [-0.25, -0.2) is 0 Å². The lowest BCUT2D eigenvalue weighted by atomic mass is 9.74. The number of hydrogen-bond donors (Lipinski definition) is 1. The third-order valence-electron chi connectivity index (χ3n) is 4.65. The van der Waals surface area contributed by atoms with E-state index >= 15 is 0 Å². The van der Waals surface area contributed by atoms with Crippen LogP contribution in [0.5, 0.6) is 0 Å². The van der Waals surface area contributed by atoms with Gasteiger partial charge in [0.2, 0.25) is 0 Å². The SMILES string of the molecule is CCC1CCCC(C(=O)C2CNCC2C)C1. The van der Waals surface area contributed by atoms with Gasteiger partial charge in [0, 0.05) is 18.4 Å². The summed E-state index contributed by atoms with van der Waals surface area (Å²) in [5.74, 6) is 2.61. The van der Waals surface area contributed by atoms with Crippen LogP contribution in [0.4, 0.5) is 0 Å². The zero-order chi connectivity index (χ0) is 11.5. The van der Waals surface area contributed by atoms with Crippen LogP contribution in [-0.2, 0) is 4.79 Å². The quantitative estimate of drug-likeness (QED) is 0.797. The molecule has 2 rings (SSSR count). The molecule has 1 heterocycles. The summed E-state index contributed by atoms with van der Waals surface area (Å²) in [6.45, 7) is 6.42. The maximum absolute atomic E-state index is 12.4. The van der Waals surface area contributed by atoms with Crippen LogP contribution in [0.2, 0.25) is 0 Å². The molecule has 1 N–H and O–H groups in total. The van der Waals surface area contributed by atoms with Gasteiger partial charge in [0.1, 0.15) is 5.78 Å². The van der Waals surface area contributed by atoms with Crippen LogP contribution in [-0.4, -0.2) is 18.9 Å². The van der Waals surface area contributed by atoms with Crippen LogP contribution in [0.15, 0.2) is 0 Å². The Bertz CT molecular complexity index is 251. The monoisotopic (exact) mass is 223 g/mol. The summed E-state index contributed by atoms with van der Waals surface area (Å²) in [5.41, 5.74) is 0. The lowest BCUT2D eigenvalue weighted by molar-refractivity contribution is -0.128. The fourth-order valence-electron chi connectivity index (χ4n) is 3.41. The fraction of sp³-hybridized carbons (Fsp3) is 0.929. The van der Waals surface area contributed by atoms with Crippen molar-refractivity contribution in [2.24, 2.45) is 23.7 Å². The molecule has 1 saturated heterocycles. The molecule has 4 unspecified atom stereocenters. The molecule has 92 valence electrons. The predicted molar refractivity (Wildman–Crippen MR) is 66.3 cm³/mol. The number of nitrogens with one attached hydrogen (secondary N) is 1. The van der Waals surface area contributed by atoms with E-state index in [0.717, 1.165) is 25.4 Å². The molecule has 0 bridgehead atoms. The molecular weight excluding hydrogens is 198 g/mol. The van der Waals surface area contributed by atoms with Gasteiger partial charge in [0.15, 0.2) is 0 Å². The summed E-state index contributed by atoms with van der Waals surface area (Å²) in [7, 11) is 0. The van der Waals surface area contributed by atoms with Gasteiger partial charge in [0.25, 0.3) is 0 Å². The number of hydrogen-bond acceptors (Lipinski definition) is 2. The molecule has 1 saturated carbocycles. The van der Waals surface area contributed by atoms with Crippen molar-refractivity contribution in [3.63, 3.8) is 0 Å². The van der Waals surface area contributed by atoms with Crippen LogP contribution in [0.25, 0.3) is 0 Å². The molecule has 2 nitrogen and oxygen atoms in total. The number of carbonyl (C=O) groups excluding carboxylic acids is 1. The van der Waals surface area contributed by atoms with Gasteiger partial charge in [-0.1, -0.05) is 33.1 Å². The van der Waals surface area contributed by atoms with Crippen molar-refractivity contribution < 1.29 is 4.79 Å². The lowest BCUT2D eigenvalue weighted by Crippen LogP contribution is -2.31. The Balaban J connectivity index is 1.93. The number of ketones is 1. The summed E-state index contributed by atoms with van der Waals surface area (Å²) in [6, 6.07) is 0. The second-order valence-electron chi connectivity index (χ2n) is 5.78. The Kier molecular flexibility index (Phi) is 4.01. The Morgan fingerprint density at radius 1 is 1.31 bits per heavy atom. The van der Waals surface area contributed by atoms with Crippen molar-refractivity contribution >= 4 is 5.78 Å². The minimum absolute atomic E-state index is 0.306. The van der Waals surface area contributed by atoms with Crippen molar-refractivity contribution in [1.29, 1.82) is 0 Å². The maximum atomic E-state index is 12.4.